The second-order valence-corrected chi connectivity index (χ2v) is 8.08. The molecule has 26 heavy (non-hydrogen) atoms. The van der Waals surface area contributed by atoms with Gasteiger partial charge in [0.05, 0.1) is 6.10 Å². The Morgan fingerprint density at radius 1 is 1.19 bits per heavy atom. The number of pyridine rings is 1. The largest absolute Gasteiger partial charge is 0.490 e. The van der Waals surface area contributed by atoms with E-state index in [0.29, 0.717) is 5.15 Å². The molecule has 5 nitrogen and oxygen atoms in total. The van der Waals surface area contributed by atoms with Crippen LogP contribution in [-0.2, 0) is 4.74 Å². The van der Waals surface area contributed by atoms with E-state index < -0.39 is 5.60 Å². The molecule has 0 saturated heterocycles. The summed E-state index contributed by atoms with van der Waals surface area (Å²) < 4.78 is 11.4. The number of alkyl carbamates (subject to hydrolysis) is 1. The van der Waals surface area contributed by atoms with Gasteiger partial charge < -0.3 is 14.8 Å². The Balaban J connectivity index is 1.52. The van der Waals surface area contributed by atoms with Crippen molar-refractivity contribution in [2.24, 2.45) is 0 Å². The topological polar surface area (TPSA) is 60.5 Å². The van der Waals surface area contributed by atoms with Crippen molar-refractivity contribution in [1.29, 1.82) is 0 Å². The van der Waals surface area contributed by atoms with Gasteiger partial charge in [0.25, 0.3) is 0 Å². The van der Waals surface area contributed by atoms with Crippen LogP contribution in [0.25, 0.3) is 10.8 Å². The molecule has 1 saturated carbocycles. The van der Waals surface area contributed by atoms with Crippen LogP contribution < -0.4 is 10.1 Å². The van der Waals surface area contributed by atoms with Crippen LogP contribution in [0.15, 0.2) is 30.5 Å². The molecule has 3 rings (SSSR count). The molecule has 6 heteroatoms. The van der Waals surface area contributed by atoms with Gasteiger partial charge in [-0.2, -0.15) is 0 Å². The van der Waals surface area contributed by atoms with Crippen molar-refractivity contribution in [2.45, 2.75) is 64.2 Å². The zero-order chi connectivity index (χ0) is 18.7. The summed E-state index contributed by atoms with van der Waals surface area (Å²) >= 11 is 6.10. The molecule has 0 unspecified atom stereocenters. The van der Waals surface area contributed by atoms with Crippen LogP contribution in [0, 0.1) is 0 Å². The Morgan fingerprint density at radius 2 is 1.92 bits per heavy atom. The Hall–Kier alpha value is -2.01. The Labute approximate surface area is 159 Å². The van der Waals surface area contributed by atoms with Gasteiger partial charge in [0.1, 0.15) is 16.5 Å². The molecule has 0 radical (unpaired) electrons. The predicted octanol–water partition coefficient (Wildman–Crippen LogP) is 5.10. The third-order valence-corrected chi connectivity index (χ3v) is 4.69. The van der Waals surface area contributed by atoms with E-state index in [-0.39, 0.29) is 18.2 Å². The summed E-state index contributed by atoms with van der Waals surface area (Å²) in [6, 6.07) is 7.94. The number of carbonyl (C=O) groups is 1. The number of hydrogen-bond acceptors (Lipinski definition) is 4. The average Bonchev–Trinajstić information content (AvgIpc) is 2.55. The lowest BCUT2D eigenvalue weighted by molar-refractivity contribution is 0.0471. The third kappa shape index (κ3) is 5.01. The molecule has 1 heterocycles. The van der Waals surface area contributed by atoms with Crippen molar-refractivity contribution in [3.05, 3.63) is 35.6 Å². The summed E-state index contributed by atoms with van der Waals surface area (Å²) in [4.78, 5) is 16.0. The first-order valence-electron chi connectivity index (χ1n) is 9.00. The number of hydrogen-bond donors (Lipinski definition) is 1. The summed E-state index contributed by atoms with van der Waals surface area (Å²) in [5, 5.41) is 5.39. The van der Waals surface area contributed by atoms with Gasteiger partial charge >= 0.3 is 6.09 Å². The van der Waals surface area contributed by atoms with Crippen molar-refractivity contribution in [2.75, 3.05) is 0 Å². The molecule has 0 atom stereocenters. The first kappa shape index (κ1) is 18.8. The lowest BCUT2D eigenvalue weighted by Gasteiger charge is -2.30. The summed E-state index contributed by atoms with van der Waals surface area (Å²) in [6.07, 6.45) is 5.07. The molecular weight excluding hydrogens is 352 g/mol. The molecule has 0 aliphatic heterocycles. The number of ether oxygens (including phenoxy) is 2. The summed E-state index contributed by atoms with van der Waals surface area (Å²) in [5.74, 6) is 0.836. The van der Waals surface area contributed by atoms with Crippen molar-refractivity contribution in [3.8, 4) is 5.75 Å². The molecule has 140 valence electrons. The SMILES string of the molecule is CC(C)(C)OC(=O)NC1CCC(Oc2ccc3c(Cl)nccc3c2)CC1. The van der Waals surface area contributed by atoms with E-state index >= 15 is 0 Å². The van der Waals surface area contributed by atoms with Gasteiger partial charge in [0.2, 0.25) is 0 Å². The van der Waals surface area contributed by atoms with Gasteiger partial charge in [-0.15, -0.1) is 0 Å². The number of nitrogens with zero attached hydrogens (tertiary/aromatic N) is 1. The fourth-order valence-electron chi connectivity index (χ4n) is 3.18. The molecule has 1 fully saturated rings. The number of amides is 1. The number of halogens is 1. The van der Waals surface area contributed by atoms with Crippen LogP contribution in [-0.4, -0.2) is 28.8 Å². The van der Waals surface area contributed by atoms with E-state index in [4.69, 9.17) is 21.1 Å². The fraction of sp³-hybridized carbons (Fsp3) is 0.500. The van der Waals surface area contributed by atoms with Gasteiger partial charge in [0.15, 0.2) is 0 Å². The molecule has 0 bridgehead atoms. The van der Waals surface area contributed by atoms with Gasteiger partial charge in [-0.05, 0) is 76.1 Å². The zero-order valence-corrected chi connectivity index (χ0v) is 16.2. The Kier molecular flexibility index (Phi) is 5.56. The molecule has 1 aromatic carbocycles. The second kappa shape index (κ2) is 7.70. The molecule has 1 aliphatic rings. The van der Waals surface area contributed by atoms with E-state index in [1.807, 2.05) is 45.0 Å². The smallest absolute Gasteiger partial charge is 0.407 e. The van der Waals surface area contributed by atoms with Crippen LogP contribution in [0.3, 0.4) is 0 Å². The number of carbonyl (C=O) groups excluding carboxylic acids is 1. The van der Waals surface area contributed by atoms with Crippen molar-refractivity contribution < 1.29 is 14.3 Å². The monoisotopic (exact) mass is 376 g/mol. The van der Waals surface area contributed by atoms with Gasteiger partial charge in [0, 0.05) is 17.6 Å². The number of fused-ring (bicyclic) bond motifs is 1. The van der Waals surface area contributed by atoms with Crippen LogP contribution in [0.1, 0.15) is 46.5 Å². The second-order valence-electron chi connectivity index (χ2n) is 7.72. The maximum absolute atomic E-state index is 11.9. The van der Waals surface area contributed by atoms with Gasteiger partial charge in [-0.3, -0.25) is 0 Å². The van der Waals surface area contributed by atoms with E-state index in [2.05, 4.69) is 10.3 Å². The minimum absolute atomic E-state index is 0.145. The highest BCUT2D eigenvalue weighted by Gasteiger charge is 2.25. The maximum atomic E-state index is 11.9. The minimum atomic E-state index is -0.473. The summed E-state index contributed by atoms with van der Waals surface area (Å²) in [7, 11) is 0. The lowest BCUT2D eigenvalue weighted by atomic mass is 9.93. The van der Waals surface area contributed by atoms with E-state index in [1.165, 1.54) is 0 Å². The van der Waals surface area contributed by atoms with Crippen molar-refractivity contribution >= 4 is 28.5 Å². The molecular formula is C20H25ClN2O3. The molecule has 1 aromatic heterocycles. The highest BCUT2D eigenvalue weighted by atomic mass is 35.5. The minimum Gasteiger partial charge on any atom is -0.490 e. The number of aromatic nitrogens is 1. The first-order chi connectivity index (χ1) is 12.3. The quantitative estimate of drug-likeness (QED) is 0.757. The van der Waals surface area contributed by atoms with Crippen LogP contribution in [0.4, 0.5) is 4.79 Å². The normalized spacial score (nSPS) is 20.6. The zero-order valence-electron chi connectivity index (χ0n) is 15.4. The van der Waals surface area contributed by atoms with Crippen LogP contribution in [0.5, 0.6) is 5.75 Å². The molecule has 1 amide bonds. The van der Waals surface area contributed by atoms with Gasteiger partial charge in [-0.1, -0.05) is 11.6 Å². The van der Waals surface area contributed by atoms with Gasteiger partial charge in [-0.25, -0.2) is 9.78 Å². The van der Waals surface area contributed by atoms with E-state index in [9.17, 15) is 4.79 Å². The fourth-order valence-corrected chi connectivity index (χ4v) is 3.41. The summed E-state index contributed by atoms with van der Waals surface area (Å²) in [6.45, 7) is 5.60. The molecule has 2 aromatic rings. The summed E-state index contributed by atoms with van der Waals surface area (Å²) in [5.41, 5.74) is -0.473. The van der Waals surface area contributed by atoms with E-state index in [1.54, 1.807) is 6.20 Å². The molecule has 1 N–H and O–H groups in total. The standard InChI is InChI=1S/C20H25ClN2O3/c1-20(2,3)26-19(24)23-14-4-6-15(7-5-14)25-16-8-9-17-13(12-16)10-11-22-18(17)21/h8-12,14-15H,4-7H2,1-3H3,(H,23,24). The van der Waals surface area contributed by atoms with Crippen molar-refractivity contribution in [3.63, 3.8) is 0 Å². The number of nitrogens with one attached hydrogen (secondary N) is 1. The molecule has 1 aliphatic carbocycles. The van der Waals surface area contributed by atoms with Crippen molar-refractivity contribution in [1.82, 2.24) is 10.3 Å². The van der Waals surface area contributed by atoms with Crippen LogP contribution >= 0.6 is 11.6 Å². The van der Waals surface area contributed by atoms with Crippen LogP contribution in [0.2, 0.25) is 5.15 Å². The first-order valence-corrected chi connectivity index (χ1v) is 9.38. The predicted molar refractivity (Wildman–Crippen MR) is 103 cm³/mol. The van der Waals surface area contributed by atoms with E-state index in [0.717, 1.165) is 42.2 Å². The Bertz CT molecular complexity index is 780. The number of benzene rings is 1. The molecule has 0 spiro atoms. The highest BCUT2D eigenvalue weighted by Crippen LogP contribution is 2.28. The Morgan fingerprint density at radius 3 is 2.62 bits per heavy atom. The third-order valence-electron chi connectivity index (χ3n) is 4.39. The lowest BCUT2D eigenvalue weighted by Crippen LogP contribution is -2.42. The highest BCUT2D eigenvalue weighted by molar-refractivity contribution is 6.34. The maximum Gasteiger partial charge on any atom is 0.407 e. The number of rotatable bonds is 3. The average molecular weight is 377 g/mol.